The van der Waals surface area contributed by atoms with Gasteiger partial charge in [0, 0.05) is 0 Å². The predicted octanol–water partition coefficient (Wildman–Crippen LogP) is 3.06. The Labute approximate surface area is 89.1 Å². The highest BCUT2D eigenvalue weighted by atomic mass is 19.1. The van der Waals surface area contributed by atoms with E-state index in [0.717, 1.165) is 6.42 Å². The zero-order valence-corrected chi connectivity index (χ0v) is 9.00. The molecular formula is C12H15FO2. The Bertz CT molecular complexity index is 334. The van der Waals surface area contributed by atoms with Gasteiger partial charge in [0.1, 0.15) is 11.6 Å². The average Bonchev–Trinajstić information content (AvgIpc) is 2.17. The van der Waals surface area contributed by atoms with Crippen LogP contribution in [0.2, 0.25) is 0 Å². The molecule has 0 radical (unpaired) electrons. The Balaban J connectivity index is 2.68. The SMILES string of the molecule is CC(C)CCOc1cccc(F)c1C=O. The van der Waals surface area contributed by atoms with Gasteiger partial charge in [0.2, 0.25) is 0 Å². The standard InChI is InChI=1S/C12H15FO2/c1-9(2)6-7-15-12-5-3-4-11(13)10(12)8-14/h3-5,8-9H,6-7H2,1-2H3. The van der Waals surface area contributed by atoms with Crippen molar-refractivity contribution in [3.63, 3.8) is 0 Å². The van der Waals surface area contributed by atoms with Crippen molar-refractivity contribution in [1.29, 1.82) is 0 Å². The molecule has 0 amide bonds. The van der Waals surface area contributed by atoms with Crippen molar-refractivity contribution in [2.24, 2.45) is 5.92 Å². The minimum absolute atomic E-state index is 0.00116. The van der Waals surface area contributed by atoms with Gasteiger partial charge in [-0.05, 0) is 24.5 Å². The first-order chi connectivity index (χ1) is 7.15. The van der Waals surface area contributed by atoms with Crippen molar-refractivity contribution < 1.29 is 13.9 Å². The van der Waals surface area contributed by atoms with E-state index in [1.165, 1.54) is 12.1 Å². The number of halogens is 1. The second-order valence-corrected chi connectivity index (χ2v) is 3.80. The fourth-order valence-electron chi connectivity index (χ4n) is 1.16. The molecule has 1 rings (SSSR count). The number of hydrogen-bond donors (Lipinski definition) is 0. The molecule has 82 valence electrons. The zero-order valence-electron chi connectivity index (χ0n) is 9.00. The molecule has 0 aliphatic carbocycles. The van der Waals surface area contributed by atoms with Crippen molar-refractivity contribution in [2.45, 2.75) is 20.3 Å². The molecule has 0 aliphatic heterocycles. The zero-order chi connectivity index (χ0) is 11.3. The molecule has 0 spiro atoms. The summed E-state index contributed by atoms with van der Waals surface area (Å²) in [7, 11) is 0. The van der Waals surface area contributed by atoms with Crippen LogP contribution in [0.4, 0.5) is 4.39 Å². The third kappa shape index (κ3) is 3.35. The van der Waals surface area contributed by atoms with E-state index in [2.05, 4.69) is 13.8 Å². The molecule has 2 nitrogen and oxygen atoms in total. The minimum atomic E-state index is -0.535. The largest absolute Gasteiger partial charge is 0.493 e. The summed E-state index contributed by atoms with van der Waals surface area (Å²) in [6, 6.07) is 4.39. The molecule has 15 heavy (non-hydrogen) atoms. The summed E-state index contributed by atoms with van der Waals surface area (Å²) < 4.78 is 18.5. The van der Waals surface area contributed by atoms with Crippen LogP contribution in [0.15, 0.2) is 18.2 Å². The smallest absolute Gasteiger partial charge is 0.156 e. The molecule has 0 atom stereocenters. The number of aldehydes is 1. The summed E-state index contributed by atoms with van der Waals surface area (Å²) in [6.07, 6.45) is 1.37. The highest BCUT2D eigenvalue weighted by Crippen LogP contribution is 2.19. The molecule has 0 N–H and O–H groups in total. The molecule has 0 aromatic heterocycles. The molecule has 0 unspecified atom stereocenters. The lowest BCUT2D eigenvalue weighted by molar-refractivity contribution is 0.111. The van der Waals surface area contributed by atoms with Gasteiger partial charge in [-0.15, -0.1) is 0 Å². The average molecular weight is 210 g/mol. The van der Waals surface area contributed by atoms with E-state index in [0.29, 0.717) is 24.6 Å². The van der Waals surface area contributed by atoms with Crippen LogP contribution >= 0.6 is 0 Å². The molecule has 0 bridgehead atoms. The highest BCUT2D eigenvalue weighted by Gasteiger charge is 2.08. The molecule has 0 saturated carbocycles. The minimum Gasteiger partial charge on any atom is -0.493 e. The lowest BCUT2D eigenvalue weighted by Gasteiger charge is -2.09. The van der Waals surface area contributed by atoms with Gasteiger partial charge in [-0.1, -0.05) is 19.9 Å². The van der Waals surface area contributed by atoms with Gasteiger partial charge in [-0.25, -0.2) is 4.39 Å². The lowest BCUT2D eigenvalue weighted by atomic mass is 10.1. The number of rotatable bonds is 5. The maximum absolute atomic E-state index is 13.1. The summed E-state index contributed by atoms with van der Waals surface area (Å²) in [5.74, 6) is 0.316. The molecule has 0 saturated heterocycles. The summed E-state index contributed by atoms with van der Waals surface area (Å²) in [5, 5.41) is 0. The van der Waals surface area contributed by atoms with Crippen LogP contribution in [0.25, 0.3) is 0 Å². The fraction of sp³-hybridized carbons (Fsp3) is 0.417. The Morgan fingerprint density at radius 1 is 1.47 bits per heavy atom. The molecule has 1 aromatic rings. The van der Waals surface area contributed by atoms with Gasteiger partial charge in [-0.2, -0.15) is 0 Å². The second-order valence-electron chi connectivity index (χ2n) is 3.80. The lowest BCUT2D eigenvalue weighted by Crippen LogP contribution is -2.04. The molecule has 0 heterocycles. The van der Waals surface area contributed by atoms with Gasteiger partial charge < -0.3 is 4.74 Å². The first kappa shape index (κ1) is 11.7. The summed E-state index contributed by atoms with van der Waals surface area (Å²) in [5.41, 5.74) is 0.00116. The van der Waals surface area contributed by atoms with Crippen LogP contribution in [0.3, 0.4) is 0 Å². The van der Waals surface area contributed by atoms with Gasteiger partial charge >= 0.3 is 0 Å². The number of carbonyl (C=O) groups excluding carboxylic acids is 1. The summed E-state index contributed by atoms with van der Waals surface area (Å²) >= 11 is 0. The monoisotopic (exact) mass is 210 g/mol. The Hall–Kier alpha value is -1.38. The van der Waals surface area contributed by atoms with E-state index in [4.69, 9.17) is 4.74 Å². The van der Waals surface area contributed by atoms with Crippen molar-refractivity contribution in [3.05, 3.63) is 29.6 Å². The number of hydrogen-bond acceptors (Lipinski definition) is 2. The van der Waals surface area contributed by atoms with E-state index < -0.39 is 5.82 Å². The van der Waals surface area contributed by atoms with Gasteiger partial charge in [0.15, 0.2) is 6.29 Å². The molecule has 0 aliphatic rings. The Morgan fingerprint density at radius 2 is 2.20 bits per heavy atom. The van der Waals surface area contributed by atoms with Crippen molar-refractivity contribution in [3.8, 4) is 5.75 Å². The van der Waals surface area contributed by atoms with E-state index in [1.54, 1.807) is 6.07 Å². The van der Waals surface area contributed by atoms with E-state index in [-0.39, 0.29) is 5.56 Å². The topological polar surface area (TPSA) is 26.3 Å². The Morgan fingerprint density at radius 3 is 2.80 bits per heavy atom. The molecule has 0 fully saturated rings. The summed E-state index contributed by atoms with van der Waals surface area (Å²) in [6.45, 7) is 4.66. The maximum Gasteiger partial charge on any atom is 0.156 e. The van der Waals surface area contributed by atoms with Gasteiger partial charge in [-0.3, -0.25) is 4.79 Å². The number of benzene rings is 1. The van der Waals surface area contributed by atoms with Gasteiger partial charge in [0.05, 0.1) is 12.2 Å². The third-order valence-corrected chi connectivity index (χ3v) is 2.08. The first-order valence-electron chi connectivity index (χ1n) is 5.01. The van der Waals surface area contributed by atoms with E-state index in [9.17, 15) is 9.18 Å². The van der Waals surface area contributed by atoms with Crippen LogP contribution < -0.4 is 4.74 Å². The van der Waals surface area contributed by atoms with Crippen LogP contribution in [-0.4, -0.2) is 12.9 Å². The summed E-state index contributed by atoms with van der Waals surface area (Å²) in [4.78, 5) is 10.6. The first-order valence-corrected chi connectivity index (χ1v) is 5.01. The van der Waals surface area contributed by atoms with Crippen LogP contribution in [0, 0.1) is 11.7 Å². The quantitative estimate of drug-likeness (QED) is 0.698. The van der Waals surface area contributed by atoms with Crippen molar-refractivity contribution in [1.82, 2.24) is 0 Å². The predicted molar refractivity (Wildman–Crippen MR) is 56.7 cm³/mol. The third-order valence-electron chi connectivity index (χ3n) is 2.08. The molecule has 1 aromatic carbocycles. The molecular weight excluding hydrogens is 195 g/mol. The van der Waals surface area contributed by atoms with Crippen LogP contribution in [0.1, 0.15) is 30.6 Å². The normalized spacial score (nSPS) is 10.4. The molecule has 3 heteroatoms. The van der Waals surface area contributed by atoms with E-state index >= 15 is 0 Å². The van der Waals surface area contributed by atoms with E-state index in [1.807, 2.05) is 0 Å². The van der Waals surface area contributed by atoms with Gasteiger partial charge in [0.25, 0.3) is 0 Å². The maximum atomic E-state index is 13.1. The van der Waals surface area contributed by atoms with Crippen molar-refractivity contribution >= 4 is 6.29 Å². The number of ether oxygens (including phenoxy) is 1. The van der Waals surface area contributed by atoms with Crippen LogP contribution in [-0.2, 0) is 0 Å². The second kappa shape index (κ2) is 5.49. The van der Waals surface area contributed by atoms with Crippen LogP contribution in [0.5, 0.6) is 5.75 Å². The fourth-order valence-corrected chi connectivity index (χ4v) is 1.16. The number of carbonyl (C=O) groups is 1. The van der Waals surface area contributed by atoms with Crippen molar-refractivity contribution in [2.75, 3.05) is 6.61 Å². The highest BCUT2D eigenvalue weighted by molar-refractivity contribution is 5.79. The Kier molecular flexibility index (Phi) is 4.28.